The molecule has 2 heterocycles. The number of rotatable bonds is 3. The van der Waals surface area contributed by atoms with Crippen molar-refractivity contribution in [2.24, 2.45) is 5.92 Å². The summed E-state index contributed by atoms with van der Waals surface area (Å²) in [6.45, 7) is 0.750. The molecule has 1 saturated carbocycles. The molecule has 0 amide bonds. The van der Waals surface area contributed by atoms with Gasteiger partial charge in [0, 0.05) is 24.3 Å². The van der Waals surface area contributed by atoms with E-state index >= 15 is 0 Å². The van der Waals surface area contributed by atoms with Crippen LogP contribution in [0.25, 0.3) is 0 Å². The second kappa shape index (κ2) is 4.46. The van der Waals surface area contributed by atoms with Gasteiger partial charge in [-0.25, -0.2) is 0 Å². The molecule has 0 aromatic carbocycles. The Morgan fingerprint density at radius 2 is 2.35 bits per heavy atom. The number of fused-ring (bicyclic) bond motifs is 2. The number of halogens is 1. The zero-order chi connectivity index (χ0) is 11.8. The maximum atomic E-state index is 5.88. The van der Waals surface area contributed by atoms with Gasteiger partial charge in [0.15, 0.2) is 0 Å². The van der Waals surface area contributed by atoms with Gasteiger partial charge in [-0.15, -0.1) is 0 Å². The van der Waals surface area contributed by atoms with E-state index in [0.717, 1.165) is 24.3 Å². The van der Waals surface area contributed by atoms with E-state index in [4.69, 9.17) is 16.3 Å². The summed E-state index contributed by atoms with van der Waals surface area (Å²) < 4.78 is 5.81. The molecule has 4 heteroatoms. The predicted molar refractivity (Wildman–Crippen MR) is 67.4 cm³/mol. The number of aromatic nitrogens is 1. The molecule has 1 aliphatic heterocycles. The molecule has 1 saturated heterocycles. The minimum Gasteiger partial charge on any atom is -0.490 e. The number of likely N-dealkylation sites (N-methyl/N-ethyl adjacent to an activating group) is 1. The maximum absolute atomic E-state index is 5.88. The molecule has 2 aliphatic rings. The van der Waals surface area contributed by atoms with Gasteiger partial charge in [0.1, 0.15) is 12.4 Å². The van der Waals surface area contributed by atoms with Gasteiger partial charge in [0.05, 0.1) is 11.2 Å². The Morgan fingerprint density at radius 1 is 1.47 bits per heavy atom. The number of hydrogen-bond donors (Lipinski definition) is 0. The zero-order valence-electron chi connectivity index (χ0n) is 9.97. The Kier molecular flexibility index (Phi) is 2.97. The van der Waals surface area contributed by atoms with Gasteiger partial charge in [-0.2, -0.15) is 0 Å². The SMILES string of the molecule is CN1C2CCC(C2)C1COc1cncc(Cl)c1. The Balaban J connectivity index is 1.61. The van der Waals surface area contributed by atoms with Gasteiger partial charge in [-0.05, 0) is 32.2 Å². The highest BCUT2D eigenvalue weighted by atomic mass is 35.5. The maximum Gasteiger partial charge on any atom is 0.139 e. The second-order valence-corrected chi connectivity index (χ2v) is 5.55. The average molecular weight is 253 g/mol. The molecule has 3 nitrogen and oxygen atoms in total. The van der Waals surface area contributed by atoms with Crippen LogP contribution in [0.2, 0.25) is 5.02 Å². The highest BCUT2D eigenvalue weighted by molar-refractivity contribution is 6.30. The highest BCUT2D eigenvalue weighted by Gasteiger charge is 2.43. The Hall–Kier alpha value is -0.800. The summed E-state index contributed by atoms with van der Waals surface area (Å²) in [4.78, 5) is 6.50. The largest absolute Gasteiger partial charge is 0.490 e. The Labute approximate surface area is 107 Å². The first-order valence-corrected chi connectivity index (χ1v) is 6.57. The van der Waals surface area contributed by atoms with Crippen LogP contribution in [0, 0.1) is 5.92 Å². The number of piperidine rings is 1. The van der Waals surface area contributed by atoms with Crippen molar-refractivity contribution in [3.63, 3.8) is 0 Å². The summed E-state index contributed by atoms with van der Waals surface area (Å²) in [6.07, 6.45) is 7.41. The van der Waals surface area contributed by atoms with E-state index < -0.39 is 0 Å². The molecule has 0 N–H and O–H groups in total. The summed E-state index contributed by atoms with van der Waals surface area (Å²) in [5.41, 5.74) is 0. The molecule has 92 valence electrons. The van der Waals surface area contributed by atoms with Gasteiger partial charge in [-0.1, -0.05) is 11.6 Å². The lowest BCUT2D eigenvalue weighted by Gasteiger charge is -2.31. The van der Waals surface area contributed by atoms with Gasteiger partial charge in [0.25, 0.3) is 0 Å². The Morgan fingerprint density at radius 3 is 3.06 bits per heavy atom. The van der Waals surface area contributed by atoms with E-state index in [1.165, 1.54) is 19.3 Å². The van der Waals surface area contributed by atoms with Crippen molar-refractivity contribution in [2.45, 2.75) is 31.3 Å². The number of likely N-dealkylation sites (tertiary alicyclic amines) is 1. The van der Waals surface area contributed by atoms with E-state index in [1.807, 2.05) is 6.07 Å². The van der Waals surface area contributed by atoms with Crippen LogP contribution in [-0.2, 0) is 0 Å². The van der Waals surface area contributed by atoms with Crippen molar-refractivity contribution in [3.05, 3.63) is 23.5 Å². The van der Waals surface area contributed by atoms with Gasteiger partial charge >= 0.3 is 0 Å². The summed E-state index contributed by atoms with van der Waals surface area (Å²) in [7, 11) is 2.22. The summed E-state index contributed by atoms with van der Waals surface area (Å²) in [5, 5.41) is 0.629. The van der Waals surface area contributed by atoms with Crippen LogP contribution in [0.3, 0.4) is 0 Å². The van der Waals surface area contributed by atoms with Crippen LogP contribution in [0.5, 0.6) is 5.75 Å². The first kappa shape index (κ1) is 11.3. The van der Waals surface area contributed by atoms with Crippen LogP contribution < -0.4 is 4.74 Å². The molecule has 0 radical (unpaired) electrons. The fourth-order valence-corrected chi connectivity index (χ4v) is 3.38. The lowest BCUT2D eigenvalue weighted by molar-refractivity contribution is 0.118. The van der Waals surface area contributed by atoms with Gasteiger partial charge in [0.2, 0.25) is 0 Å². The third-order valence-corrected chi connectivity index (χ3v) is 4.40. The van der Waals surface area contributed by atoms with Crippen LogP contribution in [0.4, 0.5) is 0 Å². The quantitative estimate of drug-likeness (QED) is 0.827. The topological polar surface area (TPSA) is 25.4 Å². The number of pyridine rings is 1. The van der Waals surface area contributed by atoms with E-state index in [0.29, 0.717) is 11.1 Å². The molecule has 1 aromatic heterocycles. The zero-order valence-corrected chi connectivity index (χ0v) is 10.7. The van der Waals surface area contributed by atoms with Crippen LogP contribution in [0.15, 0.2) is 18.5 Å². The minimum atomic E-state index is 0.563. The summed E-state index contributed by atoms with van der Waals surface area (Å²) in [5.74, 6) is 1.59. The van der Waals surface area contributed by atoms with Crippen molar-refractivity contribution in [1.82, 2.24) is 9.88 Å². The van der Waals surface area contributed by atoms with E-state index in [9.17, 15) is 0 Å². The Bertz CT molecular complexity index is 410. The van der Waals surface area contributed by atoms with E-state index in [1.54, 1.807) is 12.4 Å². The predicted octanol–water partition coefficient (Wildman–Crippen LogP) is 2.60. The molecule has 0 spiro atoms. The van der Waals surface area contributed by atoms with Crippen molar-refractivity contribution in [1.29, 1.82) is 0 Å². The molecule has 3 rings (SSSR count). The standard InChI is InChI=1S/C13H17ClN2O/c1-16-11-3-2-9(4-11)13(16)8-17-12-5-10(14)6-15-7-12/h5-7,9,11,13H,2-4,8H2,1H3. The molecule has 3 unspecified atom stereocenters. The lowest BCUT2D eigenvalue weighted by atomic mass is 10.00. The van der Waals surface area contributed by atoms with Gasteiger partial charge in [-0.3, -0.25) is 9.88 Å². The molecule has 3 atom stereocenters. The molecule has 1 aromatic rings. The smallest absolute Gasteiger partial charge is 0.139 e. The molecular formula is C13H17ClN2O. The molecule has 1 aliphatic carbocycles. The monoisotopic (exact) mass is 252 g/mol. The normalized spacial score (nSPS) is 32.0. The molecule has 2 bridgehead atoms. The first-order valence-electron chi connectivity index (χ1n) is 6.19. The highest BCUT2D eigenvalue weighted by Crippen LogP contribution is 2.41. The average Bonchev–Trinajstić information content (AvgIpc) is 2.88. The first-order chi connectivity index (χ1) is 8.24. The summed E-state index contributed by atoms with van der Waals surface area (Å²) >= 11 is 5.88. The third kappa shape index (κ3) is 2.14. The van der Waals surface area contributed by atoms with Crippen LogP contribution in [-0.4, -0.2) is 35.6 Å². The van der Waals surface area contributed by atoms with E-state index in [2.05, 4.69) is 16.9 Å². The van der Waals surface area contributed by atoms with Crippen LogP contribution in [0.1, 0.15) is 19.3 Å². The molecular weight excluding hydrogens is 236 g/mol. The second-order valence-electron chi connectivity index (χ2n) is 5.11. The summed E-state index contributed by atoms with van der Waals surface area (Å²) in [6, 6.07) is 3.17. The van der Waals surface area contributed by atoms with Crippen molar-refractivity contribution in [3.8, 4) is 5.75 Å². The molecule has 2 fully saturated rings. The number of nitrogens with zero attached hydrogens (tertiary/aromatic N) is 2. The fraction of sp³-hybridized carbons (Fsp3) is 0.615. The van der Waals surface area contributed by atoms with Crippen molar-refractivity contribution in [2.75, 3.05) is 13.7 Å². The fourth-order valence-electron chi connectivity index (χ4n) is 3.22. The lowest BCUT2D eigenvalue weighted by Crippen LogP contribution is -2.41. The van der Waals surface area contributed by atoms with Gasteiger partial charge < -0.3 is 4.74 Å². The third-order valence-electron chi connectivity index (χ3n) is 4.19. The van der Waals surface area contributed by atoms with E-state index in [-0.39, 0.29) is 0 Å². The number of hydrogen-bond acceptors (Lipinski definition) is 3. The molecule has 17 heavy (non-hydrogen) atoms. The van der Waals surface area contributed by atoms with Crippen LogP contribution >= 0.6 is 11.6 Å². The van der Waals surface area contributed by atoms with Crippen molar-refractivity contribution >= 4 is 11.6 Å². The minimum absolute atomic E-state index is 0.563. The van der Waals surface area contributed by atoms with Crippen molar-refractivity contribution < 1.29 is 4.74 Å². The number of ether oxygens (including phenoxy) is 1.